The molecule has 0 aliphatic carbocycles. The molecular weight excluding hydrogens is 381 g/mol. The summed E-state index contributed by atoms with van der Waals surface area (Å²) in [4.78, 5) is 12.9. The summed E-state index contributed by atoms with van der Waals surface area (Å²) in [6.45, 7) is 1.64. The molecule has 0 unspecified atom stereocenters. The zero-order chi connectivity index (χ0) is 21.2. The highest BCUT2D eigenvalue weighted by atomic mass is 19.4. The van der Waals surface area contributed by atoms with Crippen LogP contribution in [-0.4, -0.2) is 9.67 Å². The van der Waals surface area contributed by atoms with Gasteiger partial charge >= 0.3 is 6.18 Å². The molecule has 3 aromatic rings. The maximum absolute atomic E-state index is 13.5. The topological polar surface area (TPSA) is 66.0 Å². The van der Waals surface area contributed by atoms with E-state index in [1.807, 2.05) is 0 Å². The highest BCUT2D eigenvalue weighted by molar-refractivity contribution is 5.63. The summed E-state index contributed by atoms with van der Waals surface area (Å²) in [5.74, 6) is 0. The standard InChI is InChI=1S/C22H17F3N2O2/c1-14-3-2-4-17(9-14)20-10-19(22(23,24)25)18(11-26)21(29)27(20)12-15-5-7-16(13-28)8-6-15/h2-10,28H,12-13H2,1H3. The molecule has 0 saturated carbocycles. The predicted molar refractivity (Wildman–Crippen MR) is 102 cm³/mol. The maximum Gasteiger partial charge on any atom is 0.417 e. The van der Waals surface area contributed by atoms with E-state index in [1.165, 1.54) is 10.6 Å². The van der Waals surface area contributed by atoms with Crippen LogP contribution in [0.1, 0.15) is 27.8 Å². The van der Waals surface area contributed by atoms with Crippen molar-refractivity contribution in [2.45, 2.75) is 26.3 Å². The number of aryl methyl sites for hydroxylation is 1. The zero-order valence-corrected chi connectivity index (χ0v) is 15.5. The molecule has 0 aliphatic heterocycles. The van der Waals surface area contributed by atoms with Crippen LogP contribution in [0, 0.1) is 18.3 Å². The van der Waals surface area contributed by atoms with Crippen molar-refractivity contribution in [1.29, 1.82) is 5.26 Å². The molecule has 0 amide bonds. The Morgan fingerprint density at radius 3 is 2.28 bits per heavy atom. The lowest BCUT2D eigenvalue weighted by molar-refractivity contribution is -0.137. The Bertz CT molecular complexity index is 1140. The second-order valence-corrected chi connectivity index (χ2v) is 6.66. The van der Waals surface area contributed by atoms with Gasteiger partial charge in [0.15, 0.2) is 0 Å². The number of halogens is 3. The van der Waals surface area contributed by atoms with Crippen molar-refractivity contribution in [3.63, 3.8) is 0 Å². The number of nitrogens with zero attached hydrogens (tertiary/aromatic N) is 2. The van der Waals surface area contributed by atoms with Crippen molar-refractivity contribution in [2.24, 2.45) is 0 Å². The van der Waals surface area contributed by atoms with E-state index < -0.39 is 22.9 Å². The van der Waals surface area contributed by atoms with Gasteiger partial charge in [0.05, 0.1) is 24.4 Å². The van der Waals surface area contributed by atoms with Gasteiger partial charge in [0, 0.05) is 0 Å². The largest absolute Gasteiger partial charge is 0.417 e. The Balaban J connectivity index is 2.27. The number of benzene rings is 2. The highest BCUT2D eigenvalue weighted by Gasteiger charge is 2.36. The van der Waals surface area contributed by atoms with Crippen LogP contribution in [-0.2, 0) is 19.3 Å². The van der Waals surface area contributed by atoms with E-state index in [4.69, 9.17) is 5.11 Å². The molecule has 1 aromatic heterocycles. The van der Waals surface area contributed by atoms with Crippen molar-refractivity contribution in [3.05, 3.63) is 92.8 Å². The Hall–Kier alpha value is -3.37. The van der Waals surface area contributed by atoms with E-state index in [0.29, 0.717) is 16.7 Å². The van der Waals surface area contributed by atoms with Gasteiger partial charge in [-0.1, -0.05) is 48.0 Å². The molecule has 7 heteroatoms. The molecule has 0 atom stereocenters. The molecule has 0 fully saturated rings. The zero-order valence-electron chi connectivity index (χ0n) is 15.5. The normalized spacial score (nSPS) is 11.3. The number of alkyl halides is 3. The van der Waals surface area contributed by atoms with Crippen molar-refractivity contribution >= 4 is 0 Å². The number of pyridine rings is 1. The molecule has 1 N–H and O–H groups in total. The fourth-order valence-electron chi connectivity index (χ4n) is 3.11. The molecule has 0 aliphatic rings. The minimum Gasteiger partial charge on any atom is -0.392 e. The van der Waals surface area contributed by atoms with Gasteiger partial charge in [-0.05, 0) is 35.7 Å². The van der Waals surface area contributed by atoms with E-state index in [0.717, 1.165) is 11.6 Å². The molecule has 29 heavy (non-hydrogen) atoms. The summed E-state index contributed by atoms with van der Waals surface area (Å²) in [5, 5.41) is 18.4. The van der Waals surface area contributed by atoms with Crippen molar-refractivity contribution in [2.75, 3.05) is 0 Å². The first-order chi connectivity index (χ1) is 13.7. The van der Waals surface area contributed by atoms with Crippen LogP contribution in [0.2, 0.25) is 0 Å². The molecular formula is C22H17F3N2O2. The number of aliphatic hydroxyl groups excluding tert-OH is 1. The van der Waals surface area contributed by atoms with Gasteiger partial charge in [-0.3, -0.25) is 4.79 Å². The van der Waals surface area contributed by atoms with Crippen LogP contribution >= 0.6 is 0 Å². The molecule has 0 bridgehead atoms. The molecule has 0 saturated heterocycles. The Morgan fingerprint density at radius 1 is 1.07 bits per heavy atom. The fraction of sp³-hybridized carbons (Fsp3) is 0.182. The number of hydrogen-bond donors (Lipinski definition) is 1. The summed E-state index contributed by atoms with van der Waals surface area (Å²) >= 11 is 0. The Kier molecular flexibility index (Phi) is 5.57. The summed E-state index contributed by atoms with van der Waals surface area (Å²) < 4.78 is 41.7. The summed E-state index contributed by atoms with van der Waals surface area (Å²) in [7, 11) is 0. The molecule has 4 nitrogen and oxygen atoms in total. The predicted octanol–water partition coefficient (Wildman–Crippen LogP) is 4.25. The smallest absolute Gasteiger partial charge is 0.392 e. The van der Waals surface area contributed by atoms with Gasteiger partial charge < -0.3 is 9.67 Å². The third-order valence-corrected chi connectivity index (χ3v) is 4.58. The number of aromatic nitrogens is 1. The fourth-order valence-corrected chi connectivity index (χ4v) is 3.11. The average Bonchev–Trinajstić information content (AvgIpc) is 2.69. The summed E-state index contributed by atoms with van der Waals surface area (Å²) in [6, 6.07) is 15.8. The van der Waals surface area contributed by atoms with E-state index in [-0.39, 0.29) is 18.8 Å². The van der Waals surface area contributed by atoms with Gasteiger partial charge in [-0.25, -0.2) is 0 Å². The van der Waals surface area contributed by atoms with Crippen LogP contribution < -0.4 is 5.56 Å². The lowest BCUT2D eigenvalue weighted by Crippen LogP contribution is -2.28. The molecule has 1 heterocycles. The second-order valence-electron chi connectivity index (χ2n) is 6.66. The maximum atomic E-state index is 13.5. The number of rotatable bonds is 4. The third kappa shape index (κ3) is 4.23. The van der Waals surface area contributed by atoms with E-state index in [9.17, 15) is 23.2 Å². The monoisotopic (exact) mass is 398 g/mol. The molecule has 0 radical (unpaired) electrons. The first kappa shape index (κ1) is 20.4. The Morgan fingerprint density at radius 2 is 1.72 bits per heavy atom. The van der Waals surface area contributed by atoms with E-state index >= 15 is 0 Å². The van der Waals surface area contributed by atoms with Crippen LogP contribution in [0.5, 0.6) is 0 Å². The minimum atomic E-state index is -4.83. The lowest BCUT2D eigenvalue weighted by Gasteiger charge is -2.18. The molecule has 2 aromatic carbocycles. The van der Waals surface area contributed by atoms with Gasteiger partial charge in [0.2, 0.25) is 0 Å². The third-order valence-electron chi connectivity index (χ3n) is 4.58. The Labute approximate surface area is 165 Å². The van der Waals surface area contributed by atoms with Gasteiger partial charge in [-0.15, -0.1) is 0 Å². The first-order valence-corrected chi connectivity index (χ1v) is 8.75. The molecule has 148 valence electrons. The van der Waals surface area contributed by atoms with Crippen LogP contribution in [0.25, 0.3) is 11.3 Å². The van der Waals surface area contributed by atoms with Gasteiger partial charge in [0.25, 0.3) is 5.56 Å². The van der Waals surface area contributed by atoms with E-state index in [1.54, 1.807) is 55.5 Å². The average molecular weight is 398 g/mol. The summed E-state index contributed by atoms with van der Waals surface area (Å²) in [5.41, 5.74) is -0.488. The van der Waals surface area contributed by atoms with Crippen molar-refractivity contribution in [1.82, 2.24) is 4.57 Å². The quantitative estimate of drug-likeness (QED) is 0.714. The minimum absolute atomic E-state index is 0.0133. The van der Waals surface area contributed by atoms with Crippen molar-refractivity contribution < 1.29 is 18.3 Å². The van der Waals surface area contributed by atoms with Crippen LogP contribution in [0.15, 0.2) is 59.4 Å². The van der Waals surface area contributed by atoms with Crippen molar-refractivity contribution in [3.8, 4) is 17.3 Å². The van der Waals surface area contributed by atoms with Gasteiger partial charge in [0.1, 0.15) is 11.6 Å². The SMILES string of the molecule is Cc1cccc(-c2cc(C(F)(F)F)c(C#N)c(=O)n2Cc2ccc(CO)cc2)c1. The number of hydrogen-bond acceptors (Lipinski definition) is 3. The van der Waals surface area contributed by atoms with Gasteiger partial charge in [-0.2, -0.15) is 18.4 Å². The van der Waals surface area contributed by atoms with Crippen LogP contribution in [0.3, 0.4) is 0 Å². The van der Waals surface area contributed by atoms with E-state index in [2.05, 4.69) is 0 Å². The second kappa shape index (κ2) is 7.94. The molecule has 3 rings (SSSR count). The van der Waals surface area contributed by atoms with Crippen LogP contribution in [0.4, 0.5) is 13.2 Å². The highest BCUT2D eigenvalue weighted by Crippen LogP contribution is 2.33. The summed E-state index contributed by atoms with van der Waals surface area (Å²) in [6.07, 6.45) is -4.83. The number of aliphatic hydroxyl groups is 1. The molecule has 0 spiro atoms. The lowest BCUT2D eigenvalue weighted by atomic mass is 10.0. The number of nitriles is 1. The first-order valence-electron chi connectivity index (χ1n) is 8.75.